The Kier molecular flexibility index (Phi) is 6.84. The van der Waals surface area contributed by atoms with Gasteiger partial charge in [-0.3, -0.25) is 4.79 Å². The van der Waals surface area contributed by atoms with Gasteiger partial charge in [0.2, 0.25) is 0 Å². The number of methoxy groups -OCH3 is 2. The van der Waals surface area contributed by atoms with E-state index in [2.05, 4.69) is 0 Å². The number of hydrogen-bond acceptors (Lipinski definition) is 6. The number of carbonyl (C=O) groups excluding carboxylic acids is 1. The van der Waals surface area contributed by atoms with E-state index in [4.69, 9.17) is 25.8 Å². The Hall–Kier alpha value is -2.29. The molecule has 7 nitrogen and oxygen atoms in total. The molecular formula is C17H18ClNO6S. The third kappa shape index (κ3) is 5.10. The number of carbonyl (C=O) groups is 1. The summed E-state index contributed by atoms with van der Waals surface area (Å²) in [5, 5.41) is 0.193. The minimum absolute atomic E-state index is 0.0670. The van der Waals surface area contributed by atoms with E-state index in [0.29, 0.717) is 5.75 Å². The van der Waals surface area contributed by atoms with Crippen LogP contribution in [-0.4, -0.2) is 41.8 Å². The molecule has 2 rings (SSSR count). The highest BCUT2D eigenvalue weighted by atomic mass is 35.5. The molecule has 0 aromatic heterocycles. The topological polar surface area (TPSA) is 90.9 Å². The Morgan fingerprint density at radius 1 is 1.12 bits per heavy atom. The van der Waals surface area contributed by atoms with Crippen molar-refractivity contribution in [2.45, 2.75) is 4.90 Å². The molecule has 0 aliphatic carbocycles. The van der Waals surface area contributed by atoms with Crippen LogP contribution in [0.5, 0.6) is 11.5 Å². The third-order valence-corrected chi connectivity index (χ3v) is 4.89. The molecule has 2 aromatic rings. The molecule has 1 amide bonds. The molecule has 0 heterocycles. The zero-order valence-electron chi connectivity index (χ0n) is 14.2. The van der Waals surface area contributed by atoms with E-state index in [1.54, 1.807) is 12.1 Å². The first-order valence-corrected chi connectivity index (χ1v) is 9.36. The molecule has 0 fully saturated rings. The van der Waals surface area contributed by atoms with Crippen molar-refractivity contribution in [3.8, 4) is 11.5 Å². The van der Waals surface area contributed by atoms with Gasteiger partial charge < -0.3 is 14.2 Å². The van der Waals surface area contributed by atoms with Gasteiger partial charge in [0.1, 0.15) is 23.0 Å². The molecule has 0 saturated carbocycles. The lowest BCUT2D eigenvalue weighted by molar-refractivity contribution is 0.0981. The summed E-state index contributed by atoms with van der Waals surface area (Å²) in [6.07, 6.45) is 0. The highest BCUT2D eigenvalue weighted by Gasteiger charge is 2.24. The van der Waals surface area contributed by atoms with E-state index < -0.39 is 15.9 Å². The summed E-state index contributed by atoms with van der Waals surface area (Å²) in [4.78, 5) is 12.1. The van der Waals surface area contributed by atoms with Gasteiger partial charge in [0.25, 0.3) is 15.9 Å². The molecule has 0 radical (unpaired) electrons. The first-order valence-electron chi connectivity index (χ1n) is 7.50. The zero-order chi connectivity index (χ0) is 19.2. The van der Waals surface area contributed by atoms with Gasteiger partial charge in [0, 0.05) is 17.7 Å². The van der Waals surface area contributed by atoms with Crippen LogP contribution in [0.1, 0.15) is 10.4 Å². The quantitative estimate of drug-likeness (QED) is 0.686. The summed E-state index contributed by atoms with van der Waals surface area (Å²) in [6, 6.07) is 10.3. The Balaban J connectivity index is 2.28. The lowest BCUT2D eigenvalue weighted by atomic mass is 10.2. The summed E-state index contributed by atoms with van der Waals surface area (Å²) in [7, 11) is -1.26. The number of amides is 1. The lowest BCUT2D eigenvalue weighted by Crippen LogP contribution is -2.31. The van der Waals surface area contributed by atoms with Crippen molar-refractivity contribution in [2.24, 2.45) is 0 Å². The van der Waals surface area contributed by atoms with Crippen molar-refractivity contribution >= 4 is 27.5 Å². The lowest BCUT2D eigenvalue weighted by Gasteiger charge is -2.13. The minimum atomic E-state index is -4.21. The fourth-order valence-electron chi connectivity index (χ4n) is 2.05. The second-order valence-electron chi connectivity index (χ2n) is 5.10. The number of sulfonamides is 1. The molecule has 26 heavy (non-hydrogen) atoms. The maximum atomic E-state index is 12.6. The van der Waals surface area contributed by atoms with Crippen molar-refractivity contribution in [3.05, 3.63) is 53.1 Å². The van der Waals surface area contributed by atoms with Crippen molar-refractivity contribution in [1.29, 1.82) is 0 Å². The van der Waals surface area contributed by atoms with Gasteiger partial charge in [-0.1, -0.05) is 17.7 Å². The van der Waals surface area contributed by atoms with Crippen LogP contribution >= 0.6 is 11.6 Å². The predicted octanol–water partition coefficient (Wildman–Crippen LogP) is 2.49. The van der Waals surface area contributed by atoms with Gasteiger partial charge in [-0.25, -0.2) is 13.1 Å². The van der Waals surface area contributed by atoms with Crippen LogP contribution in [0, 0.1) is 0 Å². The second kappa shape index (κ2) is 8.88. The van der Waals surface area contributed by atoms with E-state index in [0.717, 1.165) is 0 Å². The van der Waals surface area contributed by atoms with Crippen molar-refractivity contribution in [1.82, 2.24) is 4.72 Å². The summed E-state index contributed by atoms with van der Waals surface area (Å²) in [5.74, 6) is -0.300. The minimum Gasteiger partial charge on any atom is -0.497 e. The highest BCUT2D eigenvalue weighted by molar-refractivity contribution is 7.90. The van der Waals surface area contributed by atoms with Crippen LogP contribution in [0.15, 0.2) is 47.4 Å². The third-order valence-electron chi connectivity index (χ3n) is 3.30. The standard InChI is InChI=1S/C17H18ClNO6S/c1-23-8-9-25-15-7-6-13(18)11-16(15)26(21,22)19-17(20)12-4-3-5-14(10-12)24-2/h3-7,10-11H,8-9H2,1-2H3,(H,19,20). The molecular weight excluding hydrogens is 382 g/mol. The normalized spacial score (nSPS) is 11.0. The molecule has 0 spiro atoms. The van der Waals surface area contributed by atoms with Gasteiger partial charge >= 0.3 is 0 Å². The zero-order valence-corrected chi connectivity index (χ0v) is 15.8. The maximum absolute atomic E-state index is 12.6. The Labute approximate surface area is 156 Å². The summed E-state index contributed by atoms with van der Waals surface area (Å²) in [6.45, 7) is 0.419. The monoisotopic (exact) mass is 399 g/mol. The Morgan fingerprint density at radius 2 is 1.88 bits per heavy atom. The van der Waals surface area contributed by atoms with Crippen LogP contribution < -0.4 is 14.2 Å². The molecule has 0 unspecified atom stereocenters. The second-order valence-corrected chi connectivity index (χ2v) is 7.19. The molecule has 0 aliphatic rings. The van der Waals surface area contributed by atoms with Gasteiger partial charge in [-0.05, 0) is 36.4 Å². The van der Waals surface area contributed by atoms with E-state index >= 15 is 0 Å². The van der Waals surface area contributed by atoms with Crippen LogP contribution in [0.3, 0.4) is 0 Å². The van der Waals surface area contributed by atoms with Crippen molar-refractivity contribution in [2.75, 3.05) is 27.4 Å². The molecule has 0 bridgehead atoms. The molecule has 0 aliphatic heterocycles. The van der Waals surface area contributed by atoms with Crippen molar-refractivity contribution < 1.29 is 27.4 Å². The number of benzene rings is 2. The molecule has 0 atom stereocenters. The Bertz CT molecular complexity index is 885. The first-order chi connectivity index (χ1) is 12.4. The first kappa shape index (κ1) is 20.0. The average Bonchev–Trinajstić information content (AvgIpc) is 2.62. The van der Waals surface area contributed by atoms with Crippen LogP contribution in [0.4, 0.5) is 0 Å². The van der Waals surface area contributed by atoms with Gasteiger partial charge in [-0.15, -0.1) is 0 Å². The van der Waals surface area contributed by atoms with Gasteiger partial charge in [0.05, 0.1) is 13.7 Å². The van der Waals surface area contributed by atoms with Crippen LogP contribution in [0.25, 0.3) is 0 Å². The Morgan fingerprint density at radius 3 is 2.58 bits per heavy atom. The van der Waals surface area contributed by atoms with Gasteiger partial charge in [0.15, 0.2) is 0 Å². The molecule has 2 aromatic carbocycles. The number of hydrogen-bond donors (Lipinski definition) is 1. The predicted molar refractivity (Wildman–Crippen MR) is 96.5 cm³/mol. The highest BCUT2D eigenvalue weighted by Crippen LogP contribution is 2.27. The van der Waals surface area contributed by atoms with Crippen molar-refractivity contribution in [3.63, 3.8) is 0 Å². The average molecular weight is 400 g/mol. The molecule has 1 N–H and O–H groups in total. The number of halogens is 1. The molecule has 0 saturated heterocycles. The molecule has 9 heteroatoms. The van der Waals surface area contributed by atoms with E-state index in [1.807, 2.05) is 4.72 Å². The fraction of sp³-hybridized carbons (Fsp3) is 0.235. The van der Waals surface area contributed by atoms with Crippen LogP contribution in [-0.2, 0) is 14.8 Å². The summed E-state index contributed by atoms with van der Waals surface area (Å²) in [5.41, 5.74) is 0.136. The van der Waals surface area contributed by atoms with E-state index in [-0.39, 0.29) is 34.4 Å². The number of ether oxygens (including phenoxy) is 3. The fourth-order valence-corrected chi connectivity index (χ4v) is 3.43. The molecule has 140 valence electrons. The van der Waals surface area contributed by atoms with Crippen LogP contribution in [0.2, 0.25) is 5.02 Å². The van der Waals surface area contributed by atoms with E-state index in [1.165, 1.54) is 44.6 Å². The number of rotatable bonds is 8. The summed E-state index contributed by atoms with van der Waals surface area (Å²) >= 11 is 5.90. The number of nitrogens with one attached hydrogen (secondary N) is 1. The largest absolute Gasteiger partial charge is 0.497 e. The van der Waals surface area contributed by atoms with E-state index in [9.17, 15) is 13.2 Å². The smallest absolute Gasteiger partial charge is 0.268 e. The SMILES string of the molecule is COCCOc1ccc(Cl)cc1S(=O)(=O)NC(=O)c1cccc(OC)c1. The van der Waals surface area contributed by atoms with Gasteiger partial charge in [-0.2, -0.15) is 0 Å². The summed E-state index contributed by atoms with van der Waals surface area (Å²) < 4.78 is 42.6. The maximum Gasteiger partial charge on any atom is 0.268 e.